The molecule has 3 heterocycles. The Kier molecular flexibility index (Phi) is 6.79. The van der Waals surface area contributed by atoms with Gasteiger partial charge in [-0.05, 0) is 68.6 Å². The van der Waals surface area contributed by atoms with Crippen molar-refractivity contribution in [3.63, 3.8) is 0 Å². The summed E-state index contributed by atoms with van der Waals surface area (Å²) in [6, 6.07) is 6.88. The SMILES string of the molecule is Nc1cc(CN2CCC(C(=O)N3CCC(C(=O)c4ccc(F)cc4F)CC3)CC2)ccn1. The van der Waals surface area contributed by atoms with Gasteiger partial charge in [-0.3, -0.25) is 14.5 Å². The van der Waals surface area contributed by atoms with Gasteiger partial charge in [0.1, 0.15) is 17.5 Å². The lowest BCUT2D eigenvalue weighted by Gasteiger charge is -2.37. The monoisotopic (exact) mass is 442 g/mol. The number of halogens is 2. The fourth-order valence-corrected chi connectivity index (χ4v) is 4.72. The number of nitrogens with two attached hydrogens (primary N) is 1. The molecule has 2 aliphatic heterocycles. The molecule has 4 rings (SSSR count). The van der Waals surface area contributed by atoms with Gasteiger partial charge >= 0.3 is 0 Å². The summed E-state index contributed by atoms with van der Waals surface area (Å²) in [5.74, 6) is -1.51. The number of likely N-dealkylation sites (tertiary alicyclic amines) is 2. The Bertz CT molecular complexity index is 984. The number of nitrogens with zero attached hydrogens (tertiary/aromatic N) is 3. The Morgan fingerprint density at radius 1 is 0.969 bits per heavy atom. The Labute approximate surface area is 186 Å². The molecule has 8 heteroatoms. The smallest absolute Gasteiger partial charge is 0.225 e. The van der Waals surface area contributed by atoms with Crippen LogP contribution in [0.2, 0.25) is 0 Å². The number of pyridine rings is 1. The number of carbonyl (C=O) groups excluding carboxylic acids is 2. The number of hydrogen-bond donors (Lipinski definition) is 1. The number of ketones is 1. The number of benzene rings is 1. The van der Waals surface area contributed by atoms with E-state index in [1.807, 2.05) is 17.0 Å². The van der Waals surface area contributed by atoms with E-state index in [1.54, 1.807) is 6.20 Å². The summed E-state index contributed by atoms with van der Waals surface area (Å²) >= 11 is 0. The minimum atomic E-state index is -0.824. The number of carbonyl (C=O) groups is 2. The van der Waals surface area contributed by atoms with Crippen LogP contribution < -0.4 is 5.73 Å². The van der Waals surface area contributed by atoms with Crippen LogP contribution in [0.3, 0.4) is 0 Å². The number of rotatable bonds is 5. The molecule has 1 amide bonds. The van der Waals surface area contributed by atoms with Gasteiger partial charge in [-0.2, -0.15) is 0 Å². The fraction of sp³-hybridized carbons (Fsp3) is 0.458. The first-order valence-corrected chi connectivity index (χ1v) is 11.1. The largest absolute Gasteiger partial charge is 0.384 e. The first-order valence-electron chi connectivity index (χ1n) is 11.1. The van der Waals surface area contributed by atoms with E-state index in [2.05, 4.69) is 9.88 Å². The molecule has 2 saturated heterocycles. The van der Waals surface area contributed by atoms with E-state index in [9.17, 15) is 18.4 Å². The van der Waals surface area contributed by atoms with Crippen LogP contribution in [0.15, 0.2) is 36.5 Å². The summed E-state index contributed by atoms with van der Waals surface area (Å²) in [5, 5.41) is 0. The predicted octanol–water partition coefficient (Wildman–Crippen LogP) is 3.28. The second-order valence-corrected chi connectivity index (χ2v) is 8.73. The Morgan fingerprint density at radius 2 is 1.66 bits per heavy atom. The third-order valence-corrected chi connectivity index (χ3v) is 6.56. The van der Waals surface area contributed by atoms with E-state index in [0.717, 1.165) is 50.2 Å². The molecule has 2 aromatic rings. The lowest BCUT2D eigenvalue weighted by Crippen LogP contribution is -2.46. The molecule has 1 aromatic heterocycles. The molecule has 0 atom stereocenters. The van der Waals surface area contributed by atoms with Gasteiger partial charge in [-0.15, -0.1) is 0 Å². The average molecular weight is 443 g/mol. The minimum Gasteiger partial charge on any atom is -0.384 e. The number of hydrogen-bond acceptors (Lipinski definition) is 5. The molecule has 0 bridgehead atoms. The molecular formula is C24H28F2N4O2. The van der Waals surface area contributed by atoms with Crippen molar-refractivity contribution in [1.82, 2.24) is 14.8 Å². The van der Waals surface area contributed by atoms with Gasteiger partial charge in [0.25, 0.3) is 0 Å². The van der Waals surface area contributed by atoms with Crippen LogP contribution >= 0.6 is 0 Å². The average Bonchev–Trinajstić information content (AvgIpc) is 2.79. The summed E-state index contributed by atoms with van der Waals surface area (Å²) < 4.78 is 27.1. The maximum atomic E-state index is 14.0. The molecule has 0 spiro atoms. The zero-order valence-electron chi connectivity index (χ0n) is 18.0. The Morgan fingerprint density at radius 3 is 2.31 bits per heavy atom. The second-order valence-electron chi connectivity index (χ2n) is 8.73. The quantitative estimate of drug-likeness (QED) is 0.719. The van der Waals surface area contributed by atoms with Crippen molar-refractivity contribution in [2.75, 3.05) is 31.9 Å². The molecule has 0 aliphatic carbocycles. The third-order valence-electron chi connectivity index (χ3n) is 6.56. The van der Waals surface area contributed by atoms with E-state index in [-0.39, 0.29) is 29.1 Å². The molecule has 2 fully saturated rings. The van der Waals surface area contributed by atoms with Gasteiger partial charge in [0, 0.05) is 43.7 Å². The van der Waals surface area contributed by atoms with Gasteiger partial charge in [-0.1, -0.05) is 0 Å². The van der Waals surface area contributed by atoms with Crippen molar-refractivity contribution in [2.24, 2.45) is 11.8 Å². The van der Waals surface area contributed by atoms with Crippen molar-refractivity contribution in [3.05, 3.63) is 59.3 Å². The minimum absolute atomic E-state index is 0.00412. The predicted molar refractivity (Wildman–Crippen MR) is 117 cm³/mol. The molecule has 170 valence electrons. The molecular weight excluding hydrogens is 414 g/mol. The van der Waals surface area contributed by atoms with E-state index < -0.39 is 11.6 Å². The van der Waals surface area contributed by atoms with Crippen molar-refractivity contribution in [2.45, 2.75) is 32.2 Å². The van der Waals surface area contributed by atoms with Crippen LogP contribution in [0, 0.1) is 23.5 Å². The Balaban J connectivity index is 1.25. The second kappa shape index (κ2) is 9.73. The van der Waals surface area contributed by atoms with E-state index in [1.165, 1.54) is 6.07 Å². The highest BCUT2D eigenvalue weighted by Gasteiger charge is 2.33. The van der Waals surface area contributed by atoms with Crippen LogP contribution in [0.25, 0.3) is 0 Å². The molecule has 6 nitrogen and oxygen atoms in total. The van der Waals surface area contributed by atoms with Gasteiger partial charge in [0.15, 0.2) is 5.78 Å². The van der Waals surface area contributed by atoms with E-state index >= 15 is 0 Å². The summed E-state index contributed by atoms with van der Waals surface area (Å²) in [4.78, 5) is 33.8. The molecule has 1 aromatic carbocycles. The van der Waals surface area contributed by atoms with Crippen LogP contribution in [0.5, 0.6) is 0 Å². The topological polar surface area (TPSA) is 79.5 Å². The Hall–Kier alpha value is -2.87. The van der Waals surface area contributed by atoms with Gasteiger partial charge in [0.2, 0.25) is 5.91 Å². The summed E-state index contributed by atoms with van der Waals surface area (Å²) in [6.45, 7) is 3.47. The highest BCUT2D eigenvalue weighted by Crippen LogP contribution is 2.27. The number of anilines is 1. The standard InChI is InChI=1S/C24H28F2N4O2/c25-19-1-2-20(21(26)14-19)23(31)17-6-11-30(12-7-17)24(32)18-4-9-29(10-5-18)15-16-3-8-28-22(27)13-16/h1-3,8,13-14,17-18H,4-7,9-12,15H2,(H2,27,28). The highest BCUT2D eigenvalue weighted by atomic mass is 19.1. The van der Waals surface area contributed by atoms with Gasteiger partial charge < -0.3 is 10.6 Å². The van der Waals surface area contributed by atoms with Gasteiger partial charge in [-0.25, -0.2) is 13.8 Å². The number of aromatic nitrogens is 1. The lowest BCUT2D eigenvalue weighted by atomic mass is 9.87. The van der Waals surface area contributed by atoms with Crippen molar-refractivity contribution in [1.29, 1.82) is 0 Å². The fourth-order valence-electron chi connectivity index (χ4n) is 4.72. The maximum Gasteiger partial charge on any atom is 0.225 e. The molecule has 2 N–H and O–H groups in total. The van der Waals surface area contributed by atoms with E-state index in [4.69, 9.17) is 5.73 Å². The highest BCUT2D eigenvalue weighted by molar-refractivity contribution is 5.98. The normalized spacial score (nSPS) is 18.6. The molecule has 0 radical (unpaired) electrons. The number of amides is 1. The van der Waals surface area contributed by atoms with E-state index in [0.29, 0.717) is 31.7 Å². The molecule has 32 heavy (non-hydrogen) atoms. The van der Waals surface area contributed by atoms with Crippen molar-refractivity contribution >= 4 is 17.5 Å². The number of piperidine rings is 2. The van der Waals surface area contributed by atoms with Crippen LogP contribution in [0.1, 0.15) is 41.6 Å². The zero-order valence-corrected chi connectivity index (χ0v) is 18.0. The summed E-state index contributed by atoms with van der Waals surface area (Å²) in [6.07, 6.45) is 4.32. The first kappa shape index (κ1) is 22.3. The van der Waals surface area contributed by atoms with Crippen LogP contribution in [-0.2, 0) is 11.3 Å². The third kappa shape index (κ3) is 5.12. The van der Waals surface area contributed by atoms with Crippen molar-refractivity contribution < 1.29 is 18.4 Å². The maximum absolute atomic E-state index is 14.0. The molecule has 2 aliphatic rings. The molecule has 0 saturated carbocycles. The first-order chi connectivity index (χ1) is 15.4. The summed E-state index contributed by atoms with van der Waals surface area (Å²) in [5.41, 5.74) is 6.80. The summed E-state index contributed by atoms with van der Waals surface area (Å²) in [7, 11) is 0. The van der Waals surface area contributed by atoms with Crippen LogP contribution in [0.4, 0.5) is 14.6 Å². The van der Waals surface area contributed by atoms with Gasteiger partial charge in [0.05, 0.1) is 5.56 Å². The number of nitrogen functional groups attached to an aromatic ring is 1. The number of Topliss-reactive ketones (excluding diaryl/α,β-unsaturated/α-hetero) is 1. The zero-order chi connectivity index (χ0) is 22.7. The molecule has 0 unspecified atom stereocenters. The lowest BCUT2D eigenvalue weighted by molar-refractivity contribution is -0.138. The van der Waals surface area contributed by atoms with Crippen LogP contribution in [-0.4, -0.2) is 52.7 Å². The van der Waals surface area contributed by atoms with Crippen molar-refractivity contribution in [3.8, 4) is 0 Å².